The van der Waals surface area contributed by atoms with Gasteiger partial charge in [0.25, 0.3) is 0 Å². The number of rotatable bonds is 4. The summed E-state index contributed by atoms with van der Waals surface area (Å²) in [6.45, 7) is 4.22. The highest BCUT2D eigenvalue weighted by atomic mass is 16.2. The Morgan fingerprint density at radius 2 is 2.19 bits per heavy atom. The van der Waals surface area contributed by atoms with Crippen LogP contribution in [-0.4, -0.2) is 32.2 Å². The van der Waals surface area contributed by atoms with Gasteiger partial charge in [-0.25, -0.2) is 24.1 Å². The minimum absolute atomic E-state index is 0.229. The van der Waals surface area contributed by atoms with Gasteiger partial charge < -0.3 is 5.32 Å². The second-order valence-electron chi connectivity index (χ2n) is 5.21. The highest BCUT2D eigenvalue weighted by Crippen LogP contribution is 2.19. The first-order valence-electron chi connectivity index (χ1n) is 7.17. The van der Waals surface area contributed by atoms with E-state index in [1.165, 1.54) is 11.6 Å². The fraction of sp³-hybridized carbons (Fsp3) is 0.571. The second-order valence-corrected chi connectivity index (χ2v) is 5.21. The van der Waals surface area contributed by atoms with E-state index in [0.717, 1.165) is 23.8 Å². The molecule has 7 nitrogen and oxygen atoms in total. The summed E-state index contributed by atoms with van der Waals surface area (Å²) >= 11 is 0. The molecule has 1 atom stereocenters. The standard InChI is InChI=1S/C14H21N5O2/c1-5-6-7-9(2)11-16-8-10-12(17-11)18(4)14(21)19(10)13(20)15-3/h8-9H,5-7H2,1-4H3,(H,15,20). The number of nitrogens with zero attached hydrogens (tertiary/aromatic N) is 4. The van der Waals surface area contributed by atoms with Crippen LogP contribution in [0.25, 0.3) is 11.2 Å². The Morgan fingerprint density at radius 3 is 2.81 bits per heavy atom. The van der Waals surface area contributed by atoms with Gasteiger partial charge in [0.05, 0.1) is 6.20 Å². The summed E-state index contributed by atoms with van der Waals surface area (Å²) in [6.07, 6.45) is 4.79. The van der Waals surface area contributed by atoms with E-state index in [1.54, 1.807) is 13.2 Å². The second kappa shape index (κ2) is 6.07. The van der Waals surface area contributed by atoms with E-state index < -0.39 is 11.7 Å². The van der Waals surface area contributed by atoms with Crippen LogP contribution in [0.1, 0.15) is 44.9 Å². The Kier molecular flexibility index (Phi) is 4.40. The Morgan fingerprint density at radius 1 is 1.48 bits per heavy atom. The van der Waals surface area contributed by atoms with Crippen LogP contribution in [0.4, 0.5) is 4.79 Å². The molecule has 114 valence electrons. The van der Waals surface area contributed by atoms with E-state index in [-0.39, 0.29) is 5.92 Å². The van der Waals surface area contributed by atoms with Gasteiger partial charge in [-0.2, -0.15) is 0 Å². The summed E-state index contributed by atoms with van der Waals surface area (Å²) < 4.78 is 2.43. The minimum atomic E-state index is -0.485. The number of amides is 1. The normalized spacial score (nSPS) is 12.6. The minimum Gasteiger partial charge on any atom is -0.340 e. The van der Waals surface area contributed by atoms with Crippen LogP contribution in [0.3, 0.4) is 0 Å². The molecule has 1 N–H and O–H groups in total. The lowest BCUT2D eigenvalue weighted by molar-refractivity contribution is 0.244. The number of carbonyl (C=O) groups excluding carboxylic acids is 1. The lowest BCUT2D eigenvalue weighted by Gasteiger charge is -2.09. The van der Waals surface area contributed by atoms with E-state index in [0.29, 0.717) is 17.0 Å². The molecule has 21 heavy (non-hydrogen) atoms. The third kappa shape index (κ3) is 2.68. The predicted molar refractivity (Wildman–Crippen MR) is 80.6 cm³/mol. The molecule has 2 heterocycles. The highest BCUT2D eigenvalue weighted by molar-refractivity contribution is 5.87. The molecule has 0 spiro atoms. The molecule has 0 aromatic carbocycles. The zero-order valence-electron chi connectivity index (χ0n) is 12.9. The van der Waals surface area contributed by atoms with Gasteiger partial charge in [0.1, 0.15) is 11.3 Å². The highest BCUT2D eigenvalue weighted by Gasteiger charge is 2.19. The van der Waals surface area contributed by atoms with E-state index in [1.807, 2.05) is 0 Å². The number of unbranched alkanes of at least 4 members (excludes halogenated alkanes) is 1. The fourth-order valence-corrected chi connectivity index (χ4v) is 2.31. The van der Waals surface area contributed by atoms with Crippen molar-refractivity contribution in [3.05, 3.63) is 22.5 Å². The number of nitrogens with one attached hydrogen (secondary N) is 1. The van der Waals surface area contributed by atoms with Crippen LogP contribution in [0.2, 0.25) is 0 Å². The van der Waals surface area contributed by atoms with Crippen LogP contribution < -0.4 is 11.0 Å². The van der Waals surface area contributed by atoms with Crippen molar-refractivity contribution in [1.82, 2.24) is 24.4 Å². The molecule has 0 saturated heterocycles. The maximum Gasteiger partial charge on any atom is 0.338 e. The van der Waals surface area contributed by atoms with Crippen LogP contribution in [0.5, 0.6) is 0 Å². The molecule has 7 heteroatoms. The monoisotopic (exact) mass is 291 g/mol. The maximum absolute atomic E-state index is 12.1. The number of carbonyl (C=O) groups is 1. The smallest absolute Gasteiger partial charge is 0.338 e. The number of fused-ring (bicyclic) bond motifs is 1. The molecule has 0 saturated carbocycles. The first kappa shape index (κ1) is 15.2. The van der Waals surface area contributed by atoms with Crippen molar-refractivity contribution in [3.63, 3.8) is 0 Å². The number of hydrogen-bond donors (Lipinski definition) is 1. The van der Waals surface area contributed by atoms with Crippen LogP contribution in [0, 0.1) is 0 Å². The zero-order chi connectivity index (χ0) is 15.6. The molecule has 0 bridgehead atoms. The molecular formula is C14H21N5O2. The van der Waals surface area contributed by atoms with Crippen molar-refractivity contribution in [2.24, 2.45) is 7.05 Å². The molecular weight excluding hydrogens is 270 g/mol. The summed E-state index contributed by atoms with van der Waals surface area (Å²) in [7, 11) is 3.09. The summed E-state index contributed by atoms with van der Waals surface area (Å²) in [5.41, 5.74) is 0.488. The number of aromatic nitrogens is 4. The molecule has 1 amide bonds. The summed E-state index contributed by atoms with van der Waals surface area (Å²) in [6, 6.07) is -0.485. The third-order valence-electron chi connectivity index (χ3n) is 3.65. The van der Waals surface area contributed by atoms with Crippen molar-refractivity contribution in [1.29, 1.82) is 0 Å². The van der Waals surface area contributed by atoms with Gasteiger partial charge in [-0.1, -0.05) is 26.7 Å². The molecule has 0 radical (unpaired) electrons. The SMILES string of the molecule is CCCCC(C)c1ncc2c(n1)n(C)c(=O)n2C(=O)NC. The average Bonchev–Trinajstić information content (AvgIpc) is 2.75. The molecule has 0 fully saturated rings. The van der Waals surface area contributed by atoms with Gasteiger partial charge in [0, 0.05) is 20.0 Å². The Balaban J connectivity index is 2.52. The van der Waals surface area contributed by atoms with Gasteiger partial charge in [0.15, 0.2) is 5.65 Å². The maximum atomic E-state index is 12.1. The number of aryl methyl sites for hydroxylation is 1. The fourth-order valence-electron chi connectivity index (χ4n) is 2.31. The van der Waals surface area contributed by atoms with Crippen molar-refractivity contribution < 1.29 is 4.79 Å². The molecule has 1 unspecified atom stereocenters. The van der Waals surface area contributed by atoms with Gasteiger partial charge in [-0.15, -0.1) is 0 Å². The first-order chi connectivity index (χ1) is 10.0. The van der Waals surface area contributed by atoms with Gasteiger partial charge in [-0.3, -0.25) is 4.57 Å². The van der Waals surface area contributed by atoms with Gasteiger partial charge in [-0.05, 0) is 6.42 Å². The van der Waals surface area contributed by atoms with E-state index in [2.05, 4.69) is 29.1 Å². The van der Waals surface area contributed by atoms with Crippen molar-refractivity contribution in [3.8, 4) is 0 Å². The van der Waals surface area contributed by atoms with E-state index >= 15 is 0 Å². The lowest BCUT2D eigenvalue weighted by Crippen LogP contribution is -2.34. The summed E-state index contributed by atoms with van der Waals surface area (Å²) in [5.74, 6) is 0.938. The molecule has 0 aliphatic carbocycles. The van der Waals surface area contributed by atoms with Gasteiger partial charge in [0.2, 0.25) is 0 Å². The summed E-state index contributed by atoms with van der Waals surface area (Å²) in [5, 5.41) is 2.45. The number of imidazole rings is 1. The molecule has 2 aromatic rings. The quantitative estimate of drug-likeness (QED) is 0.928. The molecule has 0 aliphatic heterocycles. The largest absolute Gasteiger partial charge is 0.340 e. The van der Waals surface area contributed by atoms with Crippen molar-refractivity contribution in [2.45, 2.75) is 39.0 Å². The van der Waals surface area contributed by atoms with Crippen molar-refractivity contribution in [2.75, 3.05) is 7.05 Å². The van der Waals surface area contributed by atoms with E-state index in [4.69, 9.17) is 0 Å². The topological polar surface area (TPSA) is 81.8 Å². The number of hydrogen-bond acceptors (Lipinski definition) is 4. The lowest BCUT2D eigenvalue weighted by atomic mass is 10.0. The van der Waals surface area contributed by atoms with Crippen LogP contribution >= 0.6 is 0 Å². The third-order valence-corrected chi connectivity index (χ3v) is 3.65. The molecule has 2 rings (SSSR count). The van der Waals surface area contributed by atoms with E-state index in [9.17, 15) is 9.59 Å². The Hall–Kier alpha value is -2.18. The predicted octanol–water partition coefficient (Wildman–Crippen LogP) is 1.61. The molecule has 0 aliphatic rings. The summed E-state index contributed by atoms with van der Waals surface area (Å²) in [4.78, 5) is 32.7. The zero-order valence-corrected chi connectivity index (χ0v) is 12.9. The van der Waals surface area contributed by atoms with Crippen LogP contribution in [0.15, 0.2) is 11.0 Å². The van der Waals surface area contributed by atoms with Crippen molar-refractivity contribution >= 4 is 17.2 Å². The van der Waals surface area contributed by atoms with Crippen LogP contribution in [-0.2, 0) is 7.05 Å². The van der Waals surface area contributed by atoms with Gasteiger partial charge >= 0.3 is 11.7 Å². The first-order valence-corrected chi connectivity index (χ1v) is 7.17. The Labute approximate surface area is 123 Å². The molecule has 2 aromatic heterocycles. The average molecular weight is 291 g/mol. The Bertz CT molecular complexity index is 716.